The Kier molecular flexibility index (Phi) is 7.49. The lowest BCUT2D eigenvalue weighted by atomic mass is 10.1. The molecule has 1 saturated carbocycles. The van der Waals surface area contributed by atoms with Crippen LogP contribution in [-0.2, 0) is 4.79 Å². The quantitative estimate of drug-likeness (QED) is 0.531. The molecule has 3 rings (SSSR count). The van der Waals surface area contributed by atoms with Gasteiger partial charge in [0.25, 0.3) is 5.91 Å². The normalized spacial score (nSPS) is 15.1. The standard InChI is InChI=1S/C18H21ClN4O2S2/c19-12-6-5-9-14(10-12)21-16(25)17-22-23-18(27-17)26-11-15(24)20-13-7-3-1-2-4-8-13/h5-6,9-10,13H,1-4,7-8,11H2,(H,20,24)(H,21,25). The molecule has 0 saturated heterocycles. The summed E-state index contributed by atoms with van der Waals surface area (Å²) >= 11 is 8.38. The molecule has 0 atom stereocenters. The zero-order chi connectivity index (χ0) is 19.1. The molecule has 27 heavy (non-hydrogen) atoms. The summed E-state index contributed by atoms with van der Waals surface area (Å²) < 4.78 is 0.599. The summed E-state index contributed by atoms with van der Waals surface area (Å²) in [6.07, 6.45) is 6.99. The van der Waals surface area contributed by atoms with Gasteiger partial charge in [-0.15, -0.1) is 10.2 Å². The van der Waals surface area contributed by atoms with Gasteiger partial charge < -0.3 is 10.6 Å². The minimum absolute atomic E-state index is 0.00651. The van der Waals surface area contributed by atoms with E-state index in [0.717, 1.165) is 12.8 Å². The number of thioether (sulfide) groups is 1. The molecule has 1 aliphatic carbocycles. The van der Waals surface area contributed by atoms with Crippen molar-refractivity contribution in [3.63, 3.8) is 0 Å². The van der Waals surface area contributed by atoms with E-state index in [9.17, 15) is 9.59 Å². The van der Waals surface area contributed by atoms with Gasteiger partial charge in [-0.1, -0.05) is 66.4 Å². The van der Waals surface area contributed by atoms with E-state index in [-0.39, 0.29) is 28.6 Å². The molecule has 0 unspecified atom stereocenters. The molecule has 0 aliphatic heterocycles. The van der Waals surface area contributed by atoms with Crippen molar-refractivity contribution in [1.29, 1.82) is 0 Å². The summed E-state index contributed by atoms with van der Waals surface area (Å²) in [7, 11) is 0. The summed E-state index contributed by atoms with van der Waals surface area (Å²) in [5.74, 6) is -0.0577. The number of hydrogen-bond donors (Lipinski definition) is 2. The molecule has 2 amide bonds. The van der Waals surface area contributed by atoms with Crippen molar-refractivity contribution in [1.82, 2.24) is 15.5 Å². The second kappa shape index (κ2) is 10.1. The minimum Gasteiger partial charge on any atom is -0.353 e. The van der Waals surface area contributed by atoms with Crippen LogP contribution in [-0.4, -0.2) is 33.8 Å². The first-order chi connectivity index (χ1) is 13.1. The molecule has 1 fully saturated rings. The Morgan fingerprint density at radius 1 is 1.19 bits per heavy atom. The van der Waals surface area contributed by atoms with Crippen LogP contribution in [0.3, 0.4) is 0 Å². The van der Waals surface area contributed by atoms with Crippen molar-refractivity contribution < 1.29 is 9.59 Å². The second-order valence-corrected chi connectivity index (χ2v) is 9.02. The van der Waals surface area contributed by atoms with Gasteiger partial charge in [0.05, 0.1) is 5.75 Å². The van der Waals surface area contributed by atoms with Gasteiger partial charge in [0.1, 0.15) is 0 Å². The van der Waals surface area contributed by atoms with Crippen molar-refractivity contribution >= 4 is 52.2 Å². The van der Waals surface area contributed by atoms with E-state index in [1.54, 1.807) is 24.3 Å². The Labute approximate surface area is 171 Å². The van der Waals surface area contributed by atoms with E-state index in [0.29, 0.717) is 15.0 Å². The zero-order valence-electron chi connectivity index (χ0n) is 14.7. The Balaban J connectivity index is 1.47. The van der Waals surface area contributed by atoms with Crippen LogP contribution < -0.4 is 10.6 Å². The monoisotopic (exact) mass is 424 g/mol. The lowest BCUT2D eigenvalue weighted by Crippen LogP contribution is -2.35. The van der Waals surface area contributed by atoms with Crippen LogP contribution in [0, 0.1) is 0 Å². The van der Waals surface area contributed by atoms with Crippen LogP contribution in [0.25, 0.3) is 0 Å². The van der Waals surface area contributed by atoms with Gasteiger partial charge in [-0.05, 0) is 31.0 Å². The van der Waals surface area contributed by atoms with E-state index in [1.807, 2.05) is 0 Å². The van der Waals surface area contributed by atoms with Gasteiger partial charge >= 0.3 is 0 Å². The molecule has 2 N–H and O–H groups in total. The summed E-state index contributed by atoms with van der Waals surface area (Å²) in [5.41, 5.74) is 0.597. The maximum atomic E-state index is 12.2. The van der Waals surface area contributed by atoms with Crippen molar-refractivity contribution in [3.8, 4) is 0 Å². The first-order valence-electron chi connectivity index (χ1n) is 8.93. The zero-order valence-corrected chi connectivity index (χ0v) is 17.1. The van der Waals surface area contributed by atoms with Crippen LogP contribution in [0.1, 0.15) is 48.3 Å². The number of carbonyl (C=O) groups is 2. The van der Waals surface area contributed by atoms with Gasteiger partial charge in [0, 0.05) is 16.8 Å². The van der Waals surface area contributed by atoms with Crippen LogP contribution in [0.15, 0.2) is 28.6 Å². The predicted octanol–water partition coefficient (Wildman–Crippen LogP) is 4.37. The number of benzene rings is 1. The number of rotatable bonds is 6. The van der Waals surface area contributed by atoms with Gasteiger partial charge in [0.15, 0.2) is 4.34 Å². The number of amides is 2. The van der Waals surface area contributed by atoms with Crippen LogP contribution in [0.2, 0.25) is 5.02 Å². The SMILES string of the molecule is O=C(CSc1nnc(C(=O)Nc2cccc(Cl)c2)s1)NC1CCCCCC1. The topological polar surface area (TPSA) is 84.0 Å². The fraction of sp³-hybridized carbons (Fsp3) is 0.444. The molecule has 9 heteroatoms. The smallest absolute Gasteiger partial charge is 0.286 e. The molecule has 1 aromatic heterocycles. The number of hydrogen-bond acceptors (Lipinski definition) is 6. The van der Waals surface area contributed by atoms with Crippen LogP contribution in [0.4, 0.5) is 5.69 Å². The summed E-state index contributed by atoms with van der Waals surface area (Å²) in [4.78, 5) is 24.4. The molecule has 0 spiro atoms. The van der Waals surface area contributed by atoms with Crippen molar-refractivity contribution in [3.05, 3.63) is 34.3 Å². The third kappa shape index (κ3) is 6.48. The first-order valence-corrected chi connectivity index (χ1v) is 11.1. The van der Waals surface area contributed by atoms with Crippen LogP contribution >= 0.6 is 34.7 Å². The predicted molar refractivity (Wildman–Crippen MR) is 110 cm³/mol. The molecule has 2 aromatic rings. The van der Waals surface area contributed by atoms with E-state index >= 15 is 0 Å². The van der Waals surface area contributed by atoms with Gasteiger partial charge in [-0.3, -0.25) is 9.59 Å². The lowest BCUT2D eigenvalue weighted by Gasteiger charge is -2.15. The van der Waals surface area contributed by atoms with Crippen molar-refractivity contribution in [2.45, 2.75) is 48.9 Å². The number of nitrogens with zero attached hydrogens (tertiary/aromatic N) is 2. The largest absolute Gasteiger partial charge is 0.353 e. The fourth-order valence-corrected chi connectivity index (χ4v) is 4.68. The van der Waals surface area contributed by atoms with E-state index in [1.165, 1.54) is 48.8 Å². The van der Waals surface area contributed by atoms with Gasteiger partial charge in [0.2, 0.25) is 10.9 Å². The summed E-state index contributed by atoms with van der Waals surface area (Å²) in [6, 6.07) is 7.18. The van der Waals surface area contributed by atoms with Gasteiger partial charge in [-0.2, -0.15) is 0 Å². The average Bonchev–Trinajstić information content (AvgIpc) is 2.98. The molecule has 1 aromatic carbocycles. The molecule has 0 bridgehead atoms. The maximum absolute atomic E-state index is 12.2. The van der Waals surface area contributed by atoms with E-state index < -0.39 is 0 Å². The number of nitrogens with one attached hydrogen (secondary N) is 2. The average molecular weight is 425 g/mol. The van der Waals surface area contributed by atoms with E-state index in [2.05, 4.69) is 20.8 Å². The highest BCUT2D eigenvalue weighted by molar-refractivity contribution is 8.01. The summed E-state index contributed by atoms with van der Waals surface area (Å²) in [6.45, 7) is 0. The second-order valence-electron chi connectivity index (χ2n) is 6.38. The number of anilines is 1. The Hall–Kier alpha value is -1.64. The Bertz CT molecular complexity index is 791. The first kappa shape index (κ1) is 20.1. The molecule has 1 aliphatic rings. The van der Waals surface area contributed by atoms with Crippen LogP contribution in [0.5, 0.6) is 0 Å². The molecular formula is C18H21ClN4O2S2. The molecule has 0 radical (unpaired) electrons. The Morgan fingerprint density at radius 3 is 2.70 bits per heavy atom. The number of halogens is 1. The third-order valence-corrected chi connectivity index (χ3v) is 6.52. The van der Waals surface area contributed by atoms with E-state index in [4.69, 9.17) is 11.6 Å². The van der Waals surface area contributed by atoms with Crippen molar-refractivity contribution in [2.24, 2.45) is 0 Å². The van der Waals surface area contributed by atoms with Gasteiger partial charge in [-0.25, -0.2) is 0 Å². The molecular weight excluding hydrogens is 404 g/mol. The summed E-state index contributed by atoms with van der Waals surface area (Å²) in [5, 5.41) is 14.5. The fourth-order valence-electron chi connectivity index (χ4n) is 2.93. The van der Waals surface area contributed by atoms with Crippen molar-refractivity contribution in [2.75, 3.05) is 11.1 Å². The molecule has 144 valence electrons. The highest BCUT2D eigenvalue weighted by Gasteiger charge is 2.17. The number of carbonyl (C=O) groups excluding carboxylic acids is 2. The Morgan fingerprint density at radius 2 is 1.96 bits per heavy atom. The number of aromatic nitrogens is 2. The highest BCUT2D eigenvalue weighted by Crippen LogP contribution is 2.24. The minimum atomic E-state index is -0.343. The molecule has 1 heterocycles. The highest BCUT2D eigenvalue weighted by atomic mass is 35.5. The third-order valence-electron chi connectivity index (χ3n) is 4.23. The maximum Gasteiger partial charge on any atom is 0.286 e. The lowest BCUT2D eigenvalue weighted by molar-refractivity contribution is -0.119. The molecule has 6 nitrogen and oxygen atoms in total.